The number of rotatable bonds is 8. The van der Waals surface area contributed by atoms with Crippen LogP contribution in [-0.4, -0.2) is 19.8 Å². The first-order chi connectivity index (χ1) is 7.74. The van der Waals surface area contributed by atoms with Gasteiger partial charge in [0, 0.05) is 13.2 Å². The van der Waals surface area contributed by atoms with Crippen LogP contribution in [-0.2, 0) is 4.74 Å². The van der Waals surface area contributed by atoms with Gasteiger partial charge in [0.25, 0.3) is 0 Å². The fourth-order valence-corrected chi connectivity index (χ4v) is 1.56. The second-order valence-corrected chi connectivity index (χ2v) is 4.40. The zero-order valence-corrected chi connectivity index (χ0v) is 10.5. The monoisotopic (exact) mass is 225 g/mol. The molecule has 0 saturated carbocycles. The van der Waals surface area contributed by atoms with E-state index in [4.69, 9.17) is 9.15 Å². The van der Waals surface area contributed by atoms with Crippen LogP contribution in [0.3, 0.4) is 0 Å². The molecule has 0 radical (unpaired) electrons. The fraction of sp³-hybridized carbons (Fsp3) is 0.692. The van der Waals surface area contributed by atoms with E-state index in [0.29, 0.717) is 12.0 Å². The van der Waals surface area contributed by atoms with Crippen LogP contribution in [0.15, 0.2) is 22.8 Å². The zero-order chi connectivity index (χ0) is 11.8. The number of furan rings is 1. The number of hydrogen-bond acceptors (Lipinski definition) is 3. The van der Waals surface area contributed by atoms with E-state index in [9.17, 15) is 0 Å². The van der Waals surface area contributed by atoms with Crippen LogP contribution in [0, 0.1) is 5.92 Å². The Balaban J connectivity index is 2.15. The number of ether oxygens (including phenoxy) is 1. The Kier molecular flexibility index (Phi) is 6.19. The highest BCUT2D eigenvalue weighted by atomic mass is 16.5. The van der Waals surface area contributed by atoms with Crippen LogP contribution in [0.4, 0.5) is 0 Å². The van der Waals surface area contributed by atoms with Crippen LogP contribution >= 0.6 is 0 Å². The first-order valence-corrected chi connectivity index (χ1v) is 6.08. The Bertz CT molecular complexity index is 257. The molecule has 0 fully saturated rings. The van der Waals surface area contributed by atoms with Crippen LogP contribution in [0.25, 0.3) is 0 Å². The smallest absolute Gasteiger partial charge is 0.120 e. The topological polar surface area (TPSA) is 34.4 Å². The Labute approximate surface area is 98.2 Å². The van der Waals surface area contributed by atoms with Gasteiger partial charge >= 0.3 is 0 Å². The standard InChI is InChI=1S/C13H23NO2/c1-4-12(13-6-5-8-16-13)14-7-9-15-10-11(2)3/h5-6,8,11-12,14H,4,7,9-10H2,1-3H3. The highest BCUT2D eigenvalue weighted by Crippen LogP contribution is 2.16. The maximum absolute atomic E-state index is 5.51. The molecule has 0 aliphatic rings. The van der Waals surface area contributed by atoms with Gasteiger partial charge in [-0.05, 0) is 24.5 Å². The molecule has 16 heavy (non-hydrogen) atoms. The lowest BCUT2D eigenvalue weighted by atomic mass is 10.2. The lowest BCUT2D eigenvalue weighted by Gasteiger charge is -2.14. The van der Waals surface area contributed by atoms with Gasteiger partial charge in [0.05, 0.1) is 18.9 Å². The predicted molar refractivity (Wildman–Crippen MR) is 65.4 cm³/mol. The van der Waals surface area contributed by atoms with E-state index in [-0.39, 0.29) is 0 Å². The lowest BCUT2D eigenvalue weighted by molar-refractivity contribution is 0.109. The van der Waals surface area contributed by atoms with Crippen LogP contribution in [0.1, 0.15) is 39.0 Å². The summed E-state index contributed by atoms with van der Waals surface area (Å²) in [5, 5.41) is 3.43. The first-order valence-electron chi connectivity index (χ1n) is 6.08. The Morgan fingerprint density at radius 1 is 1.44 bits per heavy atom. The maximum atomic E-state index is 5.51. The van der Waals surface area contributed by atoms with E-state index < -0.39 is 0 Å². The third-order valence-electron chi connectivity index (χ3n) is 2.38. The van der Waals surface area contributed by atoms with E-state index in [1.807, 2.05) is 12.1 Å². The largest absolute Gasteiger partial charge is 0.468 e. The zero-order valence-electron chi connectivity index (χ0n) is 10.5. The third kappa shape index (κ3) is 4.81. The van der Waals surface area contributed by atoms with E-state index in [1.54, 1.807) is 6.26 Å². The van der Waals surface area contributed by atoms with Crippen molar-refractivity contribution in [1.29, 1.82) is 0 Å². The molecule has 0 amide bonds. The summed E-state index contributed by atoms with van der Waals surface area (Å²) in [5.74, 6) is 1.61. The van der Waals surface area contributed by atoms with Crippen molar-refractivity contribution in [2.75, 3.05) is 19.8 Å². The summed E-state index contributed by atoms with van der Waals surface area (Å²) in [7, 11) is 0. The molecule has 1 heterocycles. The van der Waals surface area contributed by atoms with Gasteiger partial charge in [-0.25, -0.2) is 0 Å². The molecule has 1 aromatic heterocycles. The molecule has 0 aliphatic heterocycles. The van der Waals surface area contributed by atoms with Crippen molar-refractivity contribution in [1.82, 2.24) is 5.32 Å². The van der Waals surface area contributed by atoms with Gasteiger partial charge in [-0.3, -0.25) is 0 Å². The second-order valence-electron chi connectivity index (χ2n) is 4.40. The fourth-order valence-electron chi connectivity index (χ4n) is 1.56. The summed E-state index contributed by atoms with van der Waals surface area (Å²) < 4.78 is 10.9. The second kappa shape index (κ2) is 7.47. The van der Waals surface area contributed by atoms with Crippen LogP contribution in [0.5, 0.6) is 0 Å². The summed E-state index contributed by atoms with van der Waals surface area (Å²) in [5.41, 5.74) is 0. The molecule has 0 saturated heterocycles. The molecular formula is C13H23NO2. The van der Waals surface area contributed by atoms with Crippen LogP contribution in [0.2, 0.25) is 0 Å². The minimum Gasteiger partial charge on any atom is -0.468 e. The average molecular weight is 225 g/mol. The van der Waals surface area contributed by atoms with Crippen molar-refractivity contribution in [3.63, 3.8) is 0 Å². The van der Waals surface area contributed by atoms with Crippen molar-refractivity contribution in [2.24, 2.45) is 5.92 Å². The minimum absolute atomic E-state index is 0.303. The van der Waals surface area contributed by atoms with Gasteiger partial charge in [-0.1, -0.05) is 20.8 Å². The summed E-state index contributed by atoms with van der Waals surface area (Å²) in [6, 6.07) is 4.24. The van der Waals surface area contributed by atoms with Gasteiger partial charge in [-0.15, -0.1) is 0 Å². The first kappa shape index (κ1) is 13.3. The van der Waals surface area contributed by atoms with Gasteiger partial charge < -0.3 is 14.5 Å². The molecule has 3 heteroatoms. The number of hydrogen-bond donors (Lipinski definition) is 1. The van der Waals surface area contributed by atoms with Gasteiger partial charge in [0.1, 0.15) is 5.76 Å². The van der Waals surface area contributed by atoms with Crippen molar-refractivity contribution < 1.29 is 9.15 Å². The molecule has 0 aliphatic carbocycles. The molecule has 1 atom stereocenters. The number of nitrogens with one attached hydrogen (secondary N) is 1. The quantitative estimate of drug-likeness (QED) is 0.691. The Hall–Kier alpha value is -0.800. The highest BCUT2D eigenvalue weighted by Gasteiger charge is 2.10. The molecule has 1 N–H and O–H groups in total. The van der Waals surface area contributed by atoms with Crippen molar-refractivity contribution in [2.45, 2.75) is 33.2 Å². The Morgan fingerprint density at radius 3 is 2.81 bits per heavy atom. The van der Waals surface area contributed by atoms with Gasteiger partial charge in [0.2, 0.25) is 0 Å². The van der Waals surface area contributed by atoms with E-state index in [0.717, 1.165) is 31.9 Å². The molecule has 3 nitrogen and oxygen atoms in total. The lowest BCUT2D eigenvalue weighted by Crippen LogP contribution is -2.25. The highest BCUT2D eigenvalue weighted by molar-refractivity contribution is 5.03. The third-order valence-corrected chi connectivity index (χ3v) is 2.38. The molecule has 1 aromatic rings. The summed E-state index contributed by atoms with van der Waals surface area (Å²) in [6.07, 6.45) is 2.74. The molecule has 0 aromatic carbocycles. The van der Waals surface area contributed by atoms with Crippen molar-refractivity contribution in [3.8, 4) is 0 Å². The van der Waals surface area contributed by atoms with Crippen LogP contribution < -0.4 is 5.32 Å². The molecular weight excluding hydrogens is 202 g/mol. The molecule has 1 rings (SSSR count). The van der Waals surface area contributed by atoms with Gasteiger partial charge in [0.15, 0.2) is 0 Å². The van der Waals surface area contributed by atoms with Crippen molar-refractivity contribution >= 4 is 0 Å². The normalized spacial score (nSPS) is 13.2. The maximum Gasteiger partial charge on any atom is 0.120 e. The summed E-state index contributed by atoms with van der Waals surface area (Å²) >= 11 is 0. The van der Waals surface area contributed by atoms with E-state index in [1.165, 1.54) is 0 Å². The van der Waals surface area contributed by atoms with Gasteiger partial charge in [-0.2, -0.15) is 0 Å². The van der Waals surface area contributed by atoms with Crippen molar-refractivity contribution in [3.05, 3.63) is 24.2 Å². The summed E-state index contributed by atoms with van der Waals surface area (Å²) in [6.45, 7) is 8.92. The average Bonchev–Trinajstić information content (AvgIpc) is 2.76. The SMILES string of the molecule is CCC(NCCOCC(C)C)c1ccco1. The molecule has 0 spiro atoms. The summed E-state index contributed by atoms with van der Waals surface area (Å²) in [4.78, 5) is 0. The predicted octanol–water partition coefficient (Wildman–Crippen LogP) is 2.99. The van der Waals surface area contributed by atoms with E-state index >= 15 is 0 Å². The van der Waals surface area contributed by atoms with E-state index in [2.05, 4.69) is 26.1 Å². The molecule has 92 valence electrons. The molecule has 1 unspecified atom stereocenters. The molecule has 0 bridgehead atoms. The minimum atomic E-state index is 0.303. The Morgan fingerprint density at radius 2 is 2.25 bits per heavy atom.